The third-order valence-corrected chi connectivity index (χ3v) is 5.43. The number of benzene rings is 1. The quantitative estimate of drug-likeness (QED) is 0.655. The highest BCUT2D eigenvalue weighted by molar-refractivity contribution is 7.98. The first-order chi connectivity index (χ1) is 12.6. The van der Waals surface area contributed by atoms with E-state index in [4.69, 9.17) is 5.73 Å². The van der Waals surface area contributed by atoms with Gasteiger partial charge in [0.05, 0.1) is 17.9 Å². The third kappa shape index (κ3) is 3.22. The van der Waals surface area contributed by atoms with Gasteiger partial charge in [0.25, 0.3) is 0 Å². The van der Waals surface area contributed by atoms with E-state index in [0.29, 0.717) is 11.6 Å². The van der Waals surface area contributed by atoms with Crippen molar-refractivity contribution >= 4 is 17.7 Å². The first-order valence-electron chi connectivity index (χ1n) is 8.43. The number of aromatic nitrogens is 6. The highest BCUT2D eigenvalue weighted by Gasteiger charge is 2.20. The molecule has 0 radical (unpaired) electrons. The van der Waals surface area contributed by atoms with Gasteiger partial charge >= 0.3 is 0 Å². The topological polar surface area (TPSA) is 105 Å². The molecule has 0 saturated carbocycles. The molecule has 9 heteroatoms. The van der Waals surface area contributed by atoms with Crippen molar-refractivity contribution in [2.45, 2.75) is 36.6 Å². The van der Waals surface area contributed by atoms with Gasteiger partial charge in [0.1, 0.15) is 12.2 Å². The monoisotopic (exact) mass is 369 g/mol. The lowest BCUT2D eigenvalue weighted by atomic mass is 10.1. The smallest absolute Gasteiger partial charge is 0.225 e. The SMILES string of the molecule is Cn1cnnc1SCc1nc(CC(N)=O)nn1-c1cccc2c1CCC2. The summed E-state index contributed by atoms with van der Waals surface area (Å²) >= 11 is 1.53. The van der Waals surface area contributed by atoms with Crippen molar-refractivity contribution in [3.8, 4) is 5.69 Å². The molecule has 26 heavy (non-hydrogen) atoms. The molecule has 0 fully saturated rings. The van der Waals surface area contributed by atoms with E-state index in [1.807, 2.05) is 16.3 Å². The molecule has 0 aliphatic heterocycles. The molecule has 1 aliphatic carbocycles. The van der Waals surface area contributed by atoms with Gasteiger partial charge < -0.3 is 10.3 Å². The van der Waals surface area contributed by atoms with E-state index in [-0.39, 0.29) is 6.42 Å². The first-order valence-corrected chi connectivity index (χ1v) is 9.41. The summed E-state index contributed by atoms with van der Waals surface area (Å²) in [6, 6.07) is 6.28. The molecule has 8 nitrogen and oxygen atoms in total. The van der Waals surface area contributed by atoms with Crippen LogP contribution in [0.15, 0.2) is 29.7 Å². The van der Waals surface area contributed by atoms with Gasteiger partial charge in [-0.1, -0.05) is 23.9 Å². The summed E-state index contributed by atoms with van der Waals surface area (Å²) in [6.07, 6.45) is 4.97. The number of nitrogens with two attached hydrogens (primary N) is 1. The van der Waals surface area contributed by atoms with Crippen molar-refractivity contribution in [3.05, 3.63) is 47.3 Å². The average molecular weight is 369 g/mol. The van der Waals surface area contributed by atoms with Crippen molar-refractivity contribution in [2.24, 2.45) is 12.8 Å². The minimum absolute atomic E-state index is 0.0314. The van der Waals surface area contributed by atoms with Crippen molar-refractivity contribution in [1.82, 2.24) is 29.5 Å². The predicted molar refractivity (Wildman–Crippen MR) is 96.8 cm³/mol. The Kier molecular flexibility index (Phi) is 4.46. The minimum Gasteiger partial charge on any atom is -0.369 e. The van der Waals surface area contributed by atoms with Gasteiger partial charge in [0.2, 0.25) is 5.91 Å². The minimum atomic E-state index is -0.437. The van der Waals surface area contributed by atoms with Crippen LogP contribution in [0.25, 0.3) is 5.69 Å². The number of nitrogens with zero attached hydrogens (tertiary/aromatic N) is 6. The summed E-state index contributed by atoms with van der Waals surface area (Å²) in [5, 5.41) is 13.4. The van der Waals surface area contributed by atoms with Crippen molar-refractivity contribution < 1.29 is 4.79 Å². The summed E-state index contributed by atoms with van der Waals surface area (Å²) < 4.78 is 3.71. The molecule has 134 valence electrons. The molecular formula is C17H19N7OS. The summed E-state index contributed by atoms with van der Waals surface area (Å²) in [5.74, 6) is 1.35. The molecule has 3 aromatic rings. The fraction of sp³-hybridized carbons (Fsp3) is 0.353. The Hall–Kier alpha value is -2.68. The Morgan fingerprint density at radius 3 is 3.00 bits per heavy atom. The van der Waals surface area contributed by atoms with Crippen LogP contribution in [0.1, 0.15) is 29.2 Å². The largest absolute Gasteiger partial charge is 0.369 e. The van der Waals surface area contributed by atoms with E-state index in [9.17, 15) is 4.79 Å². The highest BCUT2D eigenvalue weighted by atomic mass is 32.2. The maximum absolute atomic E-state index is 11.3. The lowest BCUT2D eigenvalue weighted by Gasteiger charge is -2.10. The zero-order valence-corrected chi connectivity index (χ0v) is 15.2. The number of hydrogen-bond donors (Lipinski definition) is 1. The maximum atomic E-state index is 11.3. The molecule has 2 heterocycles. The summed E-state index contributed by atoms with van der Waals surface area (Å²) in [6.45, 7) is 0. The van der Waals surface area contributed by atoms with Gasteiger partial charge in [0, 0.05) is 7.05 Å². The van der Waals surface area contributed by atoms with E-state index < -0.39 is 5.91 Å². The fourth-order valence-electron chi connectivity index (χ4n) is 3.24. The van der Waals surface area contributed by atoms with Crippen LogP contribution in [0.4, 0.5) is 0 Å². The normalized spacial score (nSPS) is 13.1. The second-order valence-corrected chi connectivity index (χ2v) is 7.22. The van der Waals surface area contributed by atoms with Crippen LogP contribution in [0.3, 0.4) is 0 Å². The zero-order chi connectivity index (χ0) is 18.1. The highest BCUT2D eigenvalue weighted by Crippen LogP contribution is 2.29. The molecule has 1 aliphatic rings. The van der Waals surface area contributed by atoms with Gasteiger partial charge in [-0.25, -0.2) is 9.67 Å². The number of hydrogen-bond acceptors (Lipinski definition) is 6. The fourth-order valence-corrected chi connectivity index (χ4v) is 4.04. The number of carbonyl (C=O) groups excluding carboxylic acids is 1. The lowest BCUT2D eigenvalue weighted by molar-refractivity contribution is -0.117. The van der Waals surface area contributed by atoms with Crippen LogP contribution in [0.2, 0.25) is 0 Å². The van der Waals surface area contributed by atoms with Gasteiger partial charge in [-0.3, -0.25) is 4.79 Å². The molecule has 2 N–H and O–H groups in total. The molecule has 1 aromatic carbocycles. The Labute approximate surface area is 154 Å². The van der Waals surface area contributed by atoms with E-state index in [2.05, 4.69) is 38.5 Å². The van der Waals surface area contributed by atoms with E-state index >= 15 is 0 Å². The average Bonchev–Trinajstić information content (AvgIpc) is 3.31. The number of thioether (sulfide) groups is 1. The molecule has 4 rings (SSSR count). The number of primary amides is 1. The standard InChI is InChI=1S/C17H19N7OS/c1-23-10-19-21-17(23)26-9-16-20-15(8-14(18)25)22-24(16)13-7-3-5-11-4-2-6-12(11)13/h3,5,7,10H,2,4,6,8-9H2,1H3,(H2,18,25). The van der Waals surface area contributed by atoms with Gasteiger partial charge in [-0.15, -0.1) is 10.2 Å². The maximum Gasteiger partial charge on any atom is 0.225 e. The van der Waals surface area contributed by atoms with Crippen molar-refractivity contribution in [2.75, 3.05) is 0 Å². The first kappa shape index (κ1) is 16.8. The Morgan fingerprint density at radius 2 is 2.23 bits per heavy atom. The molecule has 2 aromatic heterocycles. The number of fused-ring (bicyclic) bond motifs is 1. The van der Waals surface area contributed by atoms with Crippen LogP contribution in [0, 0.1) is 0 Å². The molecule has 0 atom stereocenters. The van der Waals surface area contributed by atoms with Crippen molar-refractivity contribution in [1.29, 1.82) is 0 Å². The van der Waals surface area contributed by atoms with Crippen LogP contribution in [0.5, 0.6) is 0 Å². The zero-order valence-electron chi connectivity index (χ0n) is 14.4. The number of rotatable bonds is 6. The van der Waals surface area contributed by atoms with E-state index in [0.717, 1.165) is 35.9 Å². The molecular weight excluding hydrogens is 350 g/mol. The molecule has 0 spiro atoms. The number of aryl methyl sites for hydroxylation is 2. The third-order valence-electron chi connectivity index (χ3n) is 4.40. The molecule has 0 bridgehead atoms. The summed E-state index contributed by atoms with van der Waals surface area (Å²) in [5.41, 5.74) is 9.04. The molecule has 0 saturated heterocycles. The van der Waals surface area contributed by atoms with Crippen LogP contribution in [-0.2, 0) is 36.9 Å². The van der Waals surface area contributed by atoms with Crippen LogP contribution < -0.4 is 5.73 Å². The van der Waals surface area contributed by atoms with E-state index in [1.54, 1.807) is 6.33 Å². The molecule has 0 unspecified atom stereocenters. The van der Waals surface area contributed by atoms with Crippen LogP contribution >= 0.6 is 11.8 Å². The molecule has 1 amide bonds. The van der Waals surface area contributed by atoms with Crippen LogP contribution in [-0.4, -0.2) is 35.4 Å². The Balaban J connectivity index is 1.70. The van der Waals surface area contributed by atoms with Crippen molar-refractivity contribution in [3.63, 3.8) is 0 Å². The lowest BCUT2D eigenvalue weighted by Crippen LogP contribution is -2.14. The second-order valence-electron chi connectivity index (χ2n) is 6.28. The van der Waals surface area contributed by atoms with E-state index in [1.165, 1.54) is 22.9 Å². The number of amides is 1. The Bertz CT molecular complexity index is 962. The summed E-state index contributed by atoms with van der Waals surface area (Å²) in [4.78, 5) is 15.9. The Morgan fingerprint density at radius 1 is 1.35 bits per heavy atom. The predicted octanol–water partition coefficient (Wildman–Crippen LogP) is 1.20. The number of carbonyl (C=O) groups is 1. The second kappa shape index (κ2) is 6.91. The summed E-state index contributed by atoms with van der Waals surface area (Å²) in [7, 11) is 1.90. The van der Waals surface area contributed by atoms with Gasteiger partial charge in [0.15, 0.2) is 11.0 Å². The van der Waals surface area contributed by atoms with Gasteiger partial charge in [-0.2, -0.15) is 5.10 Å². The van der Waals surface area contributed by atoms with Gasteiger partial charge in [-0.05, 0) is 36.5 Å².